The van der Waals surface area contributed by atoms with Crippen molar-refractivity contribution in [3.63, 3.8) is 0 Å². The number of ether oxygens (including phenoxy) is 1. The molecule has 0 spiro atoms. The summed E-state index contributed by atoms with van der Waals surface area (Å²) in [6, 6.07) is 33.6. The first-order valence-electron chi connectivity index (χ1n) is 16.1. The van der Waals surface area contributed by atoms with E-state index in [4.69, 9.17) is 9.73 Å². The predicted molar refractivity (Wildman–Crippen MR) is 190 cm³/mol. The van der Waals surface area contributed by atoms with Gasteiger partial charge in [0.15, 0.2) is 0 Å². The van der Waals surface area contributed by atoms with Crippen molar-refractivity contribution in [1.29, 1.82) is 0 Å². The number of hydrogen-bond acceptors (Lipinski definition) is 5. The molecule has 5 heteroatoms. The number of carbonyl (C=O) groups excluding carboxylic acids is 1. The van der Waals surface area contributed by atoms with E-state index < -0.39 is 0 Å². The Morgan fingerprint density at radius 3 is 1.67 bits per heavy atom. The second kappa shape index (κ2) is 14.7. The summed E-state index contributed by atoms with van der Waals surface area (Å²) in [5.41, 5.74) is 11.0. The molecule has 0 aliphatic heterocycles. The van der Waals surface area contributed by atoms with Crippen LogP contribution in [0, 0.1) is 0 Å². The van der Waals surface area contributed by atoms with Gasteiger partial charge in [0.1, 0.15) is 0 Å². The minimum absolute atomic E-state index is 0.315. The molecule has 0 aromatic heterocycles. The van der Waals surface area contributed by atoms with Gasteiger partial charge in [0.2, 0.25) is 0 Å². The fourth-order valence-electron chi connectivity index (χ4n) is 6.01. The van der Waals surface area contributed by atoms with E-state index in [1.165, 1.54) is 16.9 Å². The highest BCUT2D eigenvalue weighted by Crippen LogP contribution is 2.39. The highest BCUT2D eigenvalue weighted by molar-refractivity contribution is 6.20. The molecule has 0 radical (unpaired) electrons. The summed E-state index contributed by atoms with van der Waals surface area (Å²) in [5, 5.41) is 0. The lowest BCUT2D eigenvalue weighted by Gasteiger charge is -2.24. The van der Waals surface area contributed by atoms with E-state index in [2.05, 4.69) is 116 Å². The maximum atomic E-state index is 12.7. The minimum atomic E-state index is -0.366. The average molecular weight is 598 g/mol. The third-order valence-corrected chi connectivity index (χ3v) is 8.38. The largest absolute Gasteiger partial charge is 0.462 e. The SMILES string of the molecule is CCOC(=O)c1ccccc1N=C1C=CC(=C(c2ccc(N(CC)CC)cc2)c2ccc(N(CC)CC)cc2)c2ccccc21. The summed E-state index contributed by atoms with van der Waals surface area (Å²) in [6.07, 6.45) is 4.23. The fraction of sp³-hybridized carbons (Fsp3) is 0.250. The number of hydrogen-bond donors (Lipinski definition) is 0. The van der Waals surface area contributed by atoms with E-state index in [1.807, 2.05) is 31.2 Å². The first kappa shape index (κ1) is 31.5. The van der Waals surface area contributed by atoms with Crippen molar-refractivity contribution in [2.45, 2.75) is 34.6 Å². The normalized spacial score (nSPS) is 13.0. The van der Waals surface area contributed by atoms with Gasteiger partial charge in [-0.05, 0) is 105 Å². The standard InChI is InChI=1S/C40H43N3O2/c1-6-42(7-2)31-23-19-29(20-24-31)39(30-21-25-32(26-22-30)43(8-3)9-4)35-27-28-38(34-16-12-11-15-33(34)35)41-37-18-14-13-17-36(37)40(44)45-10-5/h11-28H,6-10H2,1-5H3. The smallest absolute Gasteiger partial charge is 0.340 e. The molecule has 4 aromatic carbocycles. The van der Waals surface area contributed by atoms with Crippen LogP contribution in [0.1, 0.15) is 67.2 Å². The number of rotatable bonds is 11. The number of aliphatic imine (C=N–C) groups is 1. The molecule has 1 aliphatic rings. The summed E-state index contributed by atoms with van der Waals surface area (Å²) in [5.74, 6) is -0.366. The topological polar surface area (TPSA) is 45.1 Å². The Morgan fingerprint density at radius 1 is 0.622 bits per heavy atom. The highest BCUT2D eigenvalue weighted by atomic mass is 16.5. The van der Waals surface area contributed by atoms with Crippen LogP contribution in [0.2, 0.25) is 0 Å². The van der Waals surface area contributed by atoms with E-state index in [0.717, 1.165) is 59.7 Å². The van der Waals surface area contributed by atoms with Crippen molar-refractivity contribution in [2.24, 2.45) is 4.99 Å². The van der Waals surface area contributed by atoms with Crippen molar-refractivity contribution in [2.75, 3.05) is 42.6 Å². The molecule has 0 atom stereocenters. The minimum Gasteiger partial charge on any atom is -0.462 e. The van der Waals surface area contributed by atoms with Crippen molar-refractivity contribution in [1.82, 2.24) is 0 Å². The maximum absolute atomic E-state index is 12.7. The van der Waals surface area contributed by atoms with E-state index in [9.17, 15) is 4.79 Å². The fourth-order valence-corrected chi connectivity index (χ4v) is 6.01. The van der Waals surface area contributed by atoms with Crippen LogP contribution < -0.4 is 9.80 Å². The van der Waals surface area contributed by atoms with E-state index in [-0.39, 0.29) is 5.97 Å². The van der Waals surface area contributed by atoms with Crippen molar-refractivity contribution in [3.8, 4) is 0 Å². The van der Waals surface area contributed by atoms with Gasteiger partial charge in [-0.2, -0.15) is 0 Å². The van der Waals surface area contributed by atoms with Gasteiger partial charge in [-0.15, -0.1) is 0 Å². The Labute approximate surface area is 268 Å². The van der Waals surface area contributed by atoms with Crippen molar-refractivity contribution < 1.29 is 9.53 Å². The molecule has 0 N–H and O–H groups in total. The highest BCUT2D eigenvalue weighted by Gasteiger charge is 2.21. The molecule has 5 rings (SSSR count). The molecule has 0 heterocycles. The van der Waals surface area contributed by atoms with Crippen molar-refractivity contribution in [3.05, 3.63) is 137 Å². The van der Waals surface area contributed by atoms with Crippen LogP contribution in [0.5, 0.6) is 0 Å². The molecule has 5 nitrogen and oxygen atoms in total. The third-order valence-electron chi connectivity index (χ3n) is 8.38. The Bertz CT molecular complexity index is 1650. The van der Waals surface area contributed by atoms with Gasteiger partial charge in [0.25, 0.3) is 0 Å². The second-order valence-corrected chi connectivity index (χ2v) is 10.8. The molecule has 230 valence electrons. The lowest BCUT2D eigenvalue weighted by Crippen LogP contribution is -2.21. The van der Waals surface area contributed by atoms with Crippen molar-refractivity contribution >= 4 is 39.9 Å². The molecule has 0 fully saturated rings. The lowest BCUT2D eigenvalue weighted by atomic mass is 9.83. The molecule has 1 aliphatic carbocycles. The molecule has 0 bridgehead atoms. The summed E-state index contributed by atoms with van der Waals surface area (Å²) >= 11 is 0. The van der Waals surface area contributed by atoms with Crippen LogP contribution in [-0.2, 0) is 4.74 Å². The average Bonchev–Trinajstić information content (AvgIpc) is 3.08. The van der Waals surface area contributed by atoms with Crippen LogP contribution in [0.4, 0.5) is 17.1 Å². The molecule has 0 unspecified atom stereocenters. The van der Waals surface area contributed by atoms with Crippen LogP contribution in [-0.4, -0.2) is 44.5 Å². The number of anilines is 2. The number of nitrogens with zero attached hydrogens (tertiary/aromatic N) is 3. The van der Waals surface area contributed by atoms with Crippen LogP contribution in [0.25, 0.3) is 11.1 Å². The van der Waals surface area contributed by atoms with E-state index >= 15 is 0 Å². The molecular weight excluding hydrogens is 554 g/mol. The molecule has 0 saturated carbocycles. The number of fused-ring (bicyclic) bond motifs is 1. The lowest BCUT2D eigenvalue weighted by molar-refractivity contribution is 0.0527. The molecule has 0 amide bonds. The zero-order valence-electron chi connectivity index (χ0n) is 27.1. The quantitative estimate of drug-likeness (QED) is 0.162. The van der Waals surface area contributed by atoms with Crippen LogP contribution in [0.3, 0.4) is 0 Å². The van der Waals surface area contributed by atoms with Gasteiger partial charge < -0.3 is 14.5 Å². The van der Waals surface area contributed by atoms with Crippen LogP contribution >= 0.6 is 0 Å². The Kier molecular flexibility index (Phi) is 10.3. The zero-order chi connectivity index (χ0) is 31.8. The Morgan fingerprint density at radius 2 is 1.13 bits per heavy atom. The molecule has 4 aromatic rings. The molecule has 0 saturated heterocycles. The van der Waals surface area contributed by atoms with Gasteiger partial charge in [-0.3, -0.25) is 0 Å². The summed E-state index contributed by atoms with van der Waals surface area (Å²) < 4.78 is 5.31. The van der Waals surface area contributed by atoms with Gasteiger partial charge in [-0.1, -0.05) is 66.7 Å². The maximum Gasteiger partial charge on any atom is 0.340 e. The number of carbonyl (C=O) groups is 1. The zero-order valence-corrected chi connectivity index (χ0v) is 27.1. The first-order chi connectivity index (χ1) is 22.0. The van der Waals surface area contributed by atoms with Gasteiger partial charge in [-0.25, -0.2) is 9.79 Å². The number of esters is 1. The second-order valence-electron chi connectivity index (χ2n) is 10.8. The third kappa shape index (κ3) is 6.78. The van der Waals surface area contributed by atoms with E-state index in [1.54, 1.807) is 6.07 Å². The Hall–Kier alpha value is -4.90. The van der Waals surface area contributed by atoms with Gasteiger partial charge in [0.05, 0.1) is 23.6 Å². The van der Waals surface area contributed by atoms with Crippen LogP contribution in [0.15, 0.2) is 114 Å². The van der Waals surface area contributed by atoms with Gasteiger partial charge >= 0.3 is 5.97 Å². The first-order valence-corrected chi connectivity index (χ1v) is 16.1. The number of allylic oxidation sites excluding steroid dienone is 3. The van der Waals surface area contributed by atoms with E-state index in [0.29, 0.717) is 17.9 Å². The van der Waals surface area contributed by atoms with Gasteiger partial charge in [0, 0.05) is 43.1 Å². The predicted octanol–water partition coefficient (Wildman–Crippen LogP) is 9.21. The molecular formula is C40H43N3O2. The number of para-hydroxylation sites is 1. The summed E-state index contributed by atoms with van der Waals surface area (Å²) in [4.78, 5) is 22.4. The molecule has 45 heavy (non-hydrogen) atoms. The monoisotopic (exact) mass is 597 g/mol. The number of benzene rings is 4. The summed E-state index contributed by atoms with van der Waals surface area (Å²) in [7, 11) is 0. The summed E-state index contributed by atoms with van der Waals surface area (Å²) in [6.45, 7) is 14.8. The Balaban J connectivity index is 1.68.